The molecule has 2 amide bonds. The number of nitrogens with one attached hydrogen (secondary N) is 1. The van der Waals surface area contributed by atoms with E-state index >= 15 is 0 Å². The van der Waals surface area contributed by atoms with Gasteiger partial charge in [0.25, 0.3) is 0 Å². The highest BCUT2D eigenvalue weighted by atomic mass is 16.5. The van der Waals surface area contributed by atoms with E-state index in [0.717, 1.165) is 50.6 Å². The van der Waals surface area contributed by atoms with Crippen LogP contribution in [0.2, 0.25) is 0 Å². The molecule has 1 aromatic carbocycles. The lowest BCUT2D eigenvalue weighted by atomic mass is 10.1. The Morgan fingerprint density at radius 1 is 1.21 bits per heavy atom. The molecule has 24 heavy (non-hydrogen) atoms. The van der Waals surface area contributed by atoms with Crippen LogP contribution in [0, 0.1) is 6.92 Å². The lowest BCUT2D eigenvalue weighted by Gasteiger charge is -2.34. The predicted molar refractivity (Wildman–Crippen MR) is 91.6 cm³/mol. The van der Waals surface area contributed by atoms with E-state index in [1.165, 1.54) is 5.56 Å². The molecule has 128 valence electrons. The molecule has 0 radical (unpaired) electrons. The fourth-order valence-corrected chi connectivity index (χ4v) is 2.89. The minimum Gasteiger partial charge on any atom is -0.361 e. The fraction of sp³-hybridized carbons (Fsp3) is 0.444. The first-order valence-electron chi connectivity index (χ1n) is 8.42. The topological polar surface area (TPSA) is 61.6 Å². The van der Waals surface area contributed by atoms with Gasteiger partial charge in [-0.15, -0.1) is 0 Å². The van der Waals surface area contributed by atoms with Gasteiger partial charge in [-0.3, -0.25) is 4.90 Å². The molecule has 1 aromatic heterocycles. The molecule has 0 aliphatic carbocycles. The summed E-state index contributed by atoms with van der Waals surface area (Å²) in [7, 11) is 0. The van der Waals surface area contributed by atoms with Crippen molar-refractivity contribution < 1.29 is 9.32 Å². The number of piperazine rings is 1. The first kappa shape index (κ1) is 16.5. The quantitative estimate of drug-likeness (QED) is 0.912. The Hall–Kier alpha value is -2.34. The van der Waals surface area contributed by atoms with Crippen molar-refractivity contribution in [3.8, 4) is 0 Å². The first-order valence-corrected chi connectivity index (χ1v) is 8.42. The third-order valence-electron chi connectivity index (χ3n) is 4.32. The maximum atomic E-state index is 12.2. The number of amides is 2. The van der Waals surface area contributed by atoms with E-state index in [-0.39, 0.29) is 6.03 Å². The lowest BCUT2D eigenvalue weighted by molar-refractivity contribution is 0.139. The van der Waals surface area contributed by atoms with Crippen LogP contribution in [-0.2, 0) is 13.0 Å². The second-order valence-electron chi connectivity index (χ2n) is 6.15. The van der Waals surface area contributed by atoms with Gasteiger partial charge < -0.3 is 14.7 Å². The van der Waals surface area contributed by atoms with Crippen LogP contribution in [0.25, 0.3) is 0 Å². The van der Waals surface area contributed by atoms with E-state index in [1.807, 2.05) is 24.0 Å². The number of carbonyl (C=O) groups is 1. The molecular formula is C18H24N4O2. The molecule has 2 aromatic rings. The minimum absolute atomic E-state index is 0.0293. The van der Waals surface area contributed by atoms with Crippen molar-refractivity contribution in [2.75, 3.05) is 32.7 Å². The molecule has 3 rings (SSSR count). The zero-order valence-electron chi connectivity index (χ0n) is 14.1. The molecule has 1 fully saturated rings. The van der Waals surface area contributed by atoms with Gasteiger partial charge in [-0.2, -0.15) is 0 Å². The smallest absolute Gasteiger partial charge is 0.317 e. The van der Waals surface area contributed by atoms with E-state index in [4.69, 9.17) is 4.52 Å². The summed E-state index contributed by atoms with van der Waals surface area (Å²) >= 11 is 0. The van der Waals surface area contributed by atoms with Crippen LogP contribution >= 0.6 is 0 Å². The molecule has 1 saturated heterocycles. The number of carbonyl (C=O) groups excluding carboxylic acids is 1. The van der Waals surface area contributed by atoms with Gasteiger partial charge >= 0.3 is 6.03 Å². The van der Waals surface area contributed by atoms with Gasteiger partial charge in [-0.05, 0) is 18.9 Å². The molecule has 1 aliphatic heterocycles. The maximum Gasteiger partial charge on any atom is 0.317 e. The van der Waals surface area contributed by atoms with Crippen LogP contribution < -0.4 is 5.32 Å². The summed E-state index contributed by atoms with van der Waals surface area (Å²) in [6.45, 7) is 6.65. The maximum absolute atomic E-state index is 12.2. The van der Waals surface area contributed by atoms with Crippen molar-refractivity contribution >= 4 is 6.03 Å². The summed E-state index contributed by atoms with van der Waals surface area (Å²) in [5.41, 5.74) is 2.11. The number of hydrogen-bond donors (Lipinski definition) is 1. The SMILES string of the molecule is Cc1cc(CNC(=O)N2CCN(CCc3ccccc3)CC2)no1. The van der Waals surface area contributed by atoms with Crippen LogP contribution in [0.3, 0.4) is 0 Å². The number of benzene rings is 1. The summed E-state index contributed by atoms with van der Waals surface area (Å²) in [5.74, 6) is 0.756. The van der Waals surface area contributed by atoms with Gasteiger partial charge in [0.2, 0.25) is 0 Å². The number of hydrogen-bond acceptors (Lipinski definition) is 4. The Kier molecular flexibility index (Phi) is 5.48. The third-order valence-corrected chi connectivity index (χ3v) is 4.32. The predicted octanol–water partition coefficient (Wildman–Crippen LogP) is 2.05. The van der Waals surface area contributed by atoms with E-state index in [2.05, 4.69) is 39.6 Å². The fourth-order valence-electron chi connectivity index (χ4n) is 2.89. The second kappa shape index (κ2) is 7.97. The van der Waals surface area contributed by atoms with Gasteiger partial charge in [0.05, 0.1) is 6.54 Å². The number of aryl methyl sites for hydroxylation is 1. The van der Waals surface area contributed by atoms with Gasteiger partial charge in [-0.1, -0.05) is 35.5 Å². The number of rotatable bonds is 5. The van der Waals surface area contributed by atoms with Gasteiger partial charge in [-0.25, -0.2) is 4.79 Å². The molecule has 6 heteroatoms. The molecular weight excluding hydrogens is 304 g/mol. The largest absolute Gasteiger partial charge is 0.361 e. The van der Waals surface area contributed by atoms with E-state index < -0.39 is 0 Å². The molecule has 1 N–H and O–H groups in total. The van der Waals surface area contributed by atoms with Crippen molar-refractivity contribution in [3.05, 3.63) is 53.4 Å². The Morgan fingerprint density at radius 3 is 2.62 bits per heavy atom. The van der Waals surface area contributed by atoms with Crippen molar-refractivity contribution in [1.29, 1.82) is 0 Å². The molecule has 0 unspecified atom stereocenters. The zero-order chi connectivity index (χ0) is 16.8. The summed E-state index contributed by atoms with van der Waals surface area (Å²) < 4.78 is 5.00. The van der Waals surface area contributed by atoms with E-state index in [1.54, 1.807) is 0 Å². The number of aromatic nitrogens is 1. The minimum atomic E-state index is -0.0293. The summed E-state index contributed by atoms with van der Waals surface area (Å²) in [6.07, 6.45) is 1.05. The van der Waals surface area contributed by atoms with Gasteiger partial charge in [0.1, 0.15) is 11.5 Å². The highest BCUT2D eigenvalue weighted by Gasteiger charge is 2.20. The first-order chi connectivity index (χ1) is 11.7. The molecule has 6 nitrogen and oxygen atoms in total. The molecule has 0 spiro atoms. The van der Waals surface area contributed by atoms with Crippen LogP contribution in [0.1, 0.15) is 17.0 Å². The molecule has 2 heterocycles. The summed E-state index contributed by atoms with van der Waals surface area (Å²) in [4.78, 5) is 16.5. The Balaban J connectivity index is 1.37. The van der Waals surface area contributed by atoms with Gasteiger partial charge in [0.15, 0.2) is 0 Å². The lowest BCUT2D eigenvalue weighted by Crippen LogP contribution is -2.51. The monoisotopic (exact) mass is 328 g/mol. The highest BCUT2D eigenvalue weighted by molar-refractivity contribution is 5.74. The zero-order valence-corrected chi connectivity index (χ0v) is 14.1. The van der Waals surface area contributed by atoms with Crippen LogP contribution in [0.4, 0.5) is 4.79 Å². The van der Waals surface area contributed by atoms with Crippen LogP contribution in [0.15, 0.2) is 40.9 Å². The Morgan fingerprint density at radius 2 is 1.96 bits per heavy atom. The average Bonchev–Trinajstić information content (AvgIpc) is 3.04. The molecule has 0 bridgehead atoms. The Labute approximate surface area is 142 Å². The van der Waals surface area contributed by atoms with Gasteiger partial charge in [0, 0.05) is 38.8 Å². The van der Waals surface area contributed by atoms with Crippen molar-refractivity contribution in [2.24, 2.45) is 0 Å². The highest BCUT2D eigenvalue weighted by Crippen LogP contribution is 2.06. The van der Waals surface area contributed by atoms with Crippen molar-refractivity contribution in [2.45, 2.75) is 19.9 Å². The standard InChI is InChI=1S/C18H24N4O2/c1-15-13-17(20-24-15)14-19-18(23)22-11-9-21(10-12-22)8-7-16-5-3-2-4-6-16/h2-6,13H,7-12,14H2,1H3,(H,19,23). The Bertz CT molecular complexity index is 648. The second-order valence-corrected chi connectivity index (χ2v) is 6.15. The van der Waals surface area contributed by atoms with Crippen LogP contribution in [0.5, 0.6) is 0 Å². The van der Waals surface area contributed by atoms with Crippen molar-refractivity contribution in [1.82, 2.24) is 20.3 Å². The molecule has 0 saturated carbocycles. The van der Waals surface area contributed by atoms with Crippen LogP contribution in [-0.4, -0.2) is 53.7 Å². The summed E-state index contributed by atoms with van der Waals surface area (Å²) in [6, 6.07) is 12.3. The summed E-state index contributed by atoms with van der Waals surface area (Å²) in [5, 5.41) is 6.78. The number of urea groups is 1. The number of nitrogens with zero attached hydrogens (tertiary/aromatic N) is 3. The molecule has 1 aliphatic rings. The normalized spacial score (nSPS) is 15.5. The van der Waals surface area contributed by atoms with E-state index in [9.17, 15) is 4.79 Å². The third kappa shape index (κ3) is 4.58. The average molecular weight is 328 g/mol. The van der Waals surface area contributed by atoms with Crippen molar-refractivity contribution in [3.63, 3.8) is 0 Å². The van der Waals surface area contributed by atoms with E-state index in [0.29, 0.717) is 6.54 Å². The molecule has 0 atom stereocenters.